The number of pyridine rings is 1. The Hall–Kier alpha value is -2.76. The summed E-state index contributed by atoms with van der Waals surface area (Å²) in [4.78, 5) is 18.7. The van der Waals surface area contributed by atoms with Crippen LogP contribution in [0.3, 0.4) is 0 Å². The second kappa shape index (κ2) is 9.65. The number of carbonyl (C=O) groups is 1. The summed E-state index contributed by atoms with van der Waals surface area (Å²) in [7, 11) is 3.20. The Morgan fingerprint density at radius 1 is 1.00 bits per heavy atom. The average molecular weight is 357 g/mol. The van der Waals surface area contributed by atoms with Crippen molar-refractivity contribution >= 4 is 17.3 Å². The number of carbonyl (C=O) groups excluding carboxylic acids is 1. The van der Waals surface area contributed by atoms with Crippen LogP contribution in [0, 0.1) is 0 Å². The van der Waals surface area contributed by atoms with Gasteiger partial charge in [0, 0.05) is 24.8 Å². The summed E-state index contributed by atoms with van der Waals surface area (Å²) < 4.78 is 10.5. The predicted octanol–water partition coefficient (Wildman–Crippen LogP) is 4.10. The standard InChI is InChI=1S/C20H27N3O3/c1-5-11-23(12-6-2)20(24)17-9-7-16(14-21-17)22-15-8-10-18(25-3)19(13-15)26-4/h7-10,13-14,22H,5-6,11-12H2,1-4H3. The molecule has 140 valence electrons. The maximum Gasteiger partial charge on any atom is 0.272 e. The van der Waals surface area contributed by atoms with Crippen molar-refractivity contribution in [2.24, 2.45) is 0 Å². The lowest BCUT2D eigenvalue weighted by molar-refractivity contribution is 0.0749. The van der Waals surface area contributed by atoms with E-state index in [-0.39, 0.29) is 5.91 Å². The molecule has 1 aromatic heterocycles. The van der Waals surface area contributed by atoms with E-state index in [0.29, 0.717) is 17.2 Å². The molecule has 0 fully saturated rings. The van der Waals surface area contributed by atoms with E-state index in [2.05, 4.69) is 24.1 Å². The minimum atomic E-state index is -0.0219. The van der Waals surface area contributed by atoms with Crippen molar-refractivity contribution in [2.75, 3.05) is 32.6 Å². The zero-order valence-corrected chi connectivity index (χ0v) is 15.9. The number of hydrogen-bond donors (Lipinski definition) is 1. The summed E-state index contributed by atoms with van der Waals surface area (Å²) in [6.45, 7) is 5.64. The van der Waals surface area contributed by atoms with E-state index < -0.39 is 0 Å². The Bertz CT molecular complexity index is 711. The minimum absolute atomic E-state index is 0.0219. The van der Waals surface area contributed by atoms with Crippen LogP contribution in [-0.2, 0) is 0 Å². The van der Waals surface area contributed by atoms with Crippen molar-refractivity contribution in [2.45, 2.75) is 26.7 Å². The van der Waals surface area contributed by atoms with E-state index in [0.717, 1.165) is 37.3 Å². The Balaban J connectivity index is 2.10. The molecule has 2 rings (SSSR count). The molecule has 26 heavy (non-hydrogen) atoms. The molecule has 0 aliphatic heterocycles. The van der Waals surface area contributed by atoms with Crippen molar-refractivity contribution in [1.29, 1.82) is 0 Å². The normalized spacial score (nSPS) is 10.3. The van der Waals surface area contributed by atoms with Crippen LogP contribution in [0.15, 0.2) is 36.5 Å². The summed E-state index contributed by atoms with van der Waals surface area (Å²) in [5.74, 6) is 1.29. The summed E-state index contributed by atoms with van der Waals surface area (Å²) in [6, 6.07) is 9.18. The average Bonchev–Trinajstić information content (AvgIpc) is 2.67. The molecule has 6 heteroatoms. The highest BCUT2D eigenvalue weighted by Gasteiger charge is 2.15. The number of amides is 1. The lowest BCUT2D eigenvalue weighted by Gasteiger charge is -2.21. The summed E-state index contributed by atoms with van der Waals surface area (Å²) in [5, 5.41) is 3.25. The number of ether oxygens (including phenoxy) is 2. The zero-order valence-electron chi connectivity index (χ0n) is 15.9. The molecule has 0 unspecified atom stereocenters. The third kappa shape index (κ3) is 4.88. The zero-order chi connectivity index (χ0) is 18.9. The van der Waals surface area contributed by atoms with Crippen LogP contribution in [0.5, 0.6) is 11.5 Å². The topological polar surface area (TPSA) is 63.7 Å². The molecular weight excluding hydrogens is 330 g/mol. The van der Waals surface area contributed by atoms with Gasteiger partial charge in [0.1, 0.15) is 5.69 Å². The molecule has 1 N–H and O–H groups in total. The lowest BCUT2D eigenvalue weighted by atomic mass is 10.2. The summed E-state index contributed by atoms with van der Waals surface area (Å²) in [6.07, 6.45) is 3.54. The van der Waals surface area contributed by atoms with Gasteiger partial charge in [-0.3, -0.25) is 4.79 Å². The minimum Gasteiger partial charge on any atom is -0.493 e. The second-order valence-electron chi connectivity index (χ2n) is 5.92. The molecule has 1 heterocycles. The largest absolute Gasteiger partial charge is 0.493 e. The molecule has 0 saturated heterocycles. The van der Waals surface area contributed by atoms with Gasteiger partial charge in [0.05, 0.1) is 26.1 Å². The van der Waals surface area contributed by atoms with Crippen LogP contribution in [0.2, 0.25) is 0 Å². The molecule has 1 aromatic carbocycles. The van der Waals surface area contributed by atoms with Crippen molar-refractivity contribution in [1.82, 2.24) is 9.88 Å². The number of aromatic nitrogens is 1. The SMILES string of the molecule is CCCN(CCC)C(=O)c1ccc(Nc2ccc(OC)c(OC)c2)cn1. The molecule has 0 aliphatic rings. The van der Waals surface area contributed by atoms with Gasteiger partial charge >= 0.3 is 0 Å². The first-order chi connectivity index (χ1) is 12.6. The summed E-state index contributed by atoms with van der Waals surface area (Å²) in [5.41, 5.74) is 2.11. The molecule has 2 aromatic rings. The Labute approximate surface area is 155 Å². The highest BCUT2D eigenvalue weighted by Crippen LogP contribution is 2.31. The fourth-order valence-corrected chi connectivity index (χ4v) is 2.69. The first kappa shape index (κ1) is 19.6. The van der Waals surface area contributed by atoms with Crippen LogP contribution in [-0.4, -0.2) is 43.1 Å². The fraction of sp³-hybridized carbons (Fsp3) is 0.400. The number of methoxy groups -OCH3 is 2. The first-order valence-corrected chi connectivity index (χ1v) is 8.87. The van der Waals surface area contributed by atoms with E-state index >= 15 is 0 Å². The molecule has 0 bridgehead atoms. The molecule has 1 amide bonds. The molecule has 0 radical (unpaired) electrons. The van der Waals surface area contributed by atoms with E-state index in [9.17, 15) is 4.79 Å². The smallest absolute Gasteiger partial charge is 0.272 e. The lowest BCUT2D eigenvalue weighted by Crippen LogP contribution is -2.33. The third-order valence-electron chi connectivity index (χ3n) is 3.93. The van der Waals surface area contributed by atoms with Crippen molar-refractivity contribution in [3.05, 3.63) is 42.2 Å². The van der Waals surface area contributed by atoms with Crippen LogP contribution >= 0.6 is 0 Å². The van der Waals surface area contributed by atoms with Gasteiger partial charge in [-0.25, -0.2) is 4.98 Å². The maximum absolute atomic E-state index is 12.6. The van der Waals surface area contributed by atoms with Crippen molar-refractivity contribution in [3.8, 4) is 11.5 Å². The summed E-state index contributed by atoms with van der Waals surface area (Å²) >= 11 is 0. The number of hydrogen-bond acceptors (Lipinski definition) is 5. The number of anilines is 2. The van der Waals surface area contributed by atoms with E-state index in [1.165, 1.54) is 0 Å². The molecule has 0 saturated carbocycles. The third-order valence-corrected chi connectivity index (χ3v) is 3.93. The number of nitrogens with zero attached hydrogens (tertiary/aromatic N) is 2. The molecule has 0 spiro atoms. The monoisotopic (exact) mass is 357 g/mol. The van der Waals surface area contributed by atoms with Gasteiger partial charge in [0.25, 0.3) is 5.91 Å². The van der Waals surface area contributed by atoms with E-state index in [1.807, 2.05) is 29.2 Å². The van der Waals surface area contributed by atoms with Crippen LogP contribution in [0.1, 0.15) is 37.2 Å². The van der Waals surface area contributed by atoms with Crippen LogP contribution < -0.4 is 14.8 Å². The predicted molar refractivity (Wildman–Crippen MR) is 104 cm³/mol. The van der Waals surface area contributed by atoms with Crippen molar-refractivity contribution in [3.63, 3.8) is 0 Å². The number of benzene rings is 1. The van der Waals surface area contributed by atoms with Gasteiger partial charge in [0.2, 0.25) is 0 Å². The Morgan fingerprint density at radius 2 is 1.65 bits per heavy atom. The quantitative estimate of drug-likeness (QED) is 0.732. The van der Waals surface area contributed by atoms with Gasteiger partial charge in [-0.15, -0.1) is 0 Å². The van der Waals surface area contributed by atoms with E-state index in [4.69, 9.17) is 9.47 Å². The van der Waals surface area contributed by atoms with Gasteiger partial charge < -0.3 is 19.7 Å². The van der Waals surface area contributed by atoms with Gasteiger partial charge in [-0.2, -0.15) is 0 Å². The highest BCUT2D eigenvalue weighted by atomic mass is 16.5. The molecule has 0 atom stereocenters. The highest BCUT2D eigenvalue weighted by molar-refractivity contribution is 5.92. The van der Waals surface area contributed by atoms with Gasteiger partial charge in [-0.05, 0) is 37.1 Å². The van der Waals surface area contributed by atoms with Crippen LogP contribution in [0.25, 0.3) is 0 Å². The van der Waals surface area contributed by atoms with Gasteiger partial charge in [-0.1, -0.05) is 13.8 Å². The number of rotatable bonds is 9. The van der Waals surface area contributed by atoms with Crippen molar-refractivity contribution < 1.29 is 14.3 Å². The van der Waals surface area contributed by atoms with E-state index in [1.54, 1.807) is 26.5 Å². The Kier molecular flexibility index (Phi) is 7.26. The van der Waals surface area contributed by atoms with Crippen LogP contribution in [0.4, 0.5) is 11.4 Å². The maximum atomic E-state index is 12.6. The fourth-order valence-electron chi connectivity index (χ4n) is 2.69. The molecule has 0 aliphatic carbocycles. The molecule has 6 nitrogen and oxygen atoms in total. The Morgan fingerprint density at radius 3 is 2.19 bits per heavy atom. The molecular formula is C20H27N3O3. The first-order valence-electron chi connectivity index (χ1n) is 8.87. The van der Waals surface area contributed by atoms with Gasteiger partial charge in [0.15, 0.2) is 11.5 Å². The number of nitrogens with one attached hydrogen (secondary N) is 1. The second-order valence-corrected chi connectivity index (χ2v) is 5.92.